The molecule has 1 aliphatic rings. The van der Waals surface area contributed by atoms with Gasteiger partial charge in [0.2, 0.25) is 0 Å². The zero-order valence-electron chi connectivity index (χ0n) is 9.76. The molecule has 0 aliphatic heterocycles. The maximum atomic E-state index is 13.3. The molecule has 1 atom stereocenters. The maximum Gasteiger partial charge on any atom is 0.142 e. The van der Waals surface area contributed by atoms with Crippen molar-refractivity contribution in [3.05, 3.63) is 34.6 Å². The lowest BCUT2D eigenvalue weighted by Crippen LogP contribution is -2.39. The summed E-state index contributed by atoms with van der Waals surface area (Å²) in [7, 11) is 0. The van der Waals surface area contributed by atoms with E-state index in [1.54, 1.807) is 6.07 Å². The standard InChI is InChI=1S/C13H18ClFN2/c14-12-5-4-10(8-13(12)15)7-11(17-16)6-9-2-1-3-9/h4-5,8-9,11,17H,1-3,6-7,16H2. The van der Waals surface area contributed by atoms with E-state index in [0.29, 0.717) is 0 Å². The Morgan fingerprint density at radius 2 is 2.24 bits per heavy atom. The molecule has 0 bridgehead atoms. The van der Waals surface area contributed by atoms with E-state index < -0.39 is 0 Å². The first-order valence-corrected chi connectivity index (χ1v) is 6.47. The van der Waals surface area contributed by atoms with E-state index in [1.165, 1.54) is 25.3 Å². The molecule has 3 N–H and O–H groups in total. The smallest absolute Gasteiger partial charge is 0.142 e. The molecular formula is C13H18ClFN2. The van der Waals surface area contributed by atoms with Gasteiger partial charge in [-0.3, -0.25) is 11.3 Å². The average molecular weight is 257 g/mol. The molecule has 1 aromatic rings. The molecule has 2 rings (SSSR count). The quantitative estimate of drug-likeness (QED) is 0.628. The second-order valence-corrected chi connectivity index (χ2v) is 5.26. The molecule has 1 aromatic carbocycles. The Kier molecular flexibility index (Phi) is 4.37. The van der Waals surface area contributed by atoms with Gasteiger partial charge >= 0.3 is 0 Å². The van der Waals surface area contributed by atoms with E-state index in [2.05, 4.69) is 5.43 Å². The summed E-state index contributed by atoms with van der Waals surface area (Å²) in [5.41, 5.74) is 3.77. The fourth-order valence-corrected chi connectivity index (χ4v) is 2.41. The van der Waals surface area contributed by atoms with Crippen molar-refractivity contribution in [1.82, 2.24) is 5.43 Å². The van der Waals surface area contributed by atoms with Crippen LogP contribution in [0.15, 0.2) is 18.2 Å². The van der Waals surface area contributed by atoms with Gasteiger partial charge in [0, 0.05) is 6.04 Å². The summed E-state index contributed by atoms with van der Waals surface area (Å²) < 4.78 is 13.3. The Morgan fingerprint density at radius 3 is 2.76 bits per heavy atom. The van der Waals surface area contributed by atoms with E-state index in [1.807, 2.05) is 6.07 Å². The first-order valence-electron chi connectivity index (χ1n) is 6.09. The minimum atomic E-state index is -0.358. The largest absolute Gasteiger partial charge is 0.271 e. The third-order valence-corrected chi connectivity index (χ3v) is 3.85. The second-order valence-electron chi connectivity index (χ2n) is 4.85. The van der Waals surface area contributed by atoms with Crippen molar-refractivity contribution in [2.75, 3.05) is 0 Å². The van der Waals surface area contributed by atoms with Gasteiger partial charge in [-0.05, 0) is 36.5 Å². The highest BCUT2D eigenvalue weighted by molar-refractivity contribution is 6.30. The molecule has 1 aliphatic carbocycles. The second kappa shape index (κ2) is 5.80. The van der Waals surface area contributed by atoms with Crippen LogP contribution in [0.1, 0.15) is 31.2 Å². The molecule has 0 saturated heterocycles. The first kappa shape index (κ1) is 12.8. The fourth-order valence-electron chi connectivity index (χ4n) is 2.29. The Labute approximate surface area is 106 Å². The third kappa shape index (κ3) is 3.41. The lowest BCUT2D eigenvalue weighted by atomic mass is 9.80. The van der Waals surface area contributed by atoms with Crippen LogP contribution >= 0.6 is 11.6 Å². The van der Waals surface area contributed by atoms with E-state index in [0.717, 1.165) is 24.3 Å². The van der Waals surface area contributed by atoms with Crippen LogP contribution in [0.3, 0.4) is 0 Å². The van der Waals surface area contributed by atoms with Gasteiger partial charge in [0.15, 0.2) is 0 Å². The van der Waals surface area contributed by atoms with Crippen molar-refractivity contribution in [2.45, 2.75) is 38.1 Å². The molecule has 0 aromatic heterocycles. The normalized spacial score (nSPS) is 17.8. The van der Waals surface area contributed by atoms with Crippen LogP contribution in [-0.4, -0.2) is 6.04 Å². The van der Waals surface area contributed by atoms with Crippen molar-refractivity contribution in [3.8, 4) is 0 Å². The van der Waals surface area contributed by atoms with Crippen molar-refractivity contribution in [2.24, 2.45) is 11.8 Å². The number of halogens is 2. The molecule has 1 saturated carbocycles. The minimum absolute atomic E-state index is 0.171. The Bertz CT molecular complexity index is 380. The number of hydrogen-bond donors (Lipinski definition) is 2. The number of hydrogen-bond acceptors (Lipinski definition) is 2. The van der Waals surface area contributed by atoms with Crippen LogP contribution in [0.4, 0.5) is 4.39 Å². The fraction of sp³-hybridized carbons (Fsp3) is 0.538. The molecular weight excluding hydrogens is 239 g/mol. The molecule has 0 amide bonds. The lowest BCUT2D eigenvalue weighted by Gasteiger charge is -2.29. The van der Waals surface area contributed by atoms with Crippen molar-refractivity contribution >= 4 is 11.6 Å². The molecule has 0 radical (unpaired) electrons. The summed E-state index contributed by atoms with van der Waals surface area (Å²) in [6.45, 7) is 0. The summed E-state index contributed by atoms with van der Waals surface area (Å²) in [6, 6.07) is 5.17. The average Bonchev–Trinajstić information content (AvgIpc) is 2.26. The van der Waals surface area contributed by atoms with E-state index in [9.17, 15) is 4.39 Å². The topological polar surface area (TPSA) is 38.0 Å². The Balaban J connectivity index is 1.94. The van der Waals surface area contributed by atoms with Gasteiger partial charge in [-0.1, -0.05) is 36.9 Å². The van der Waals surface area contributed by atoms with Crippen LogP contribution in [0.5, 0.6) is 0 Å². The molecule has 2 nitrogen and oxygen atoms in total. The molecule has 0 spiro atoms. The molecule has 1 fully saturated rings. The maximum absolute atomic E-state index is 13.3. The van der Waals surface area contributed by atoms with Gasteiger partial charge in [0.05, 0.1) is 5.02 Å². The molecule has 1 unspecified atom stereocenters. The highest BCUT2D eigenvalue weighted by atomic mass is 35.5. The predicted molar refractivity (Wildman–Crippen MR) is 68.2 cm³/mol. The van der Waals surface area contributed by atoms with Gasteiger partial charge in [0.1, 0.15) is 5.82 Å². The van der Waals surface area contributed by atoms with Gasteiger partial charge < -0.3 is 0 Å². The third-order valence-electron chi connectivity index (χ3n) is 3.54. The van der Waals surface area contributed by atoms with E-state index >= 15 is 0 Å². The summed E-state index contributed by atoms with van der Waals surface area (Å²) in [5, 5.41) is 0.171. The summed E-state index contributed by atoms with van der Waals surface area (Å²) in [6.07, 6.45) is 5.75. The van der Waals surface area contributed by atoms with E-state index in [-0.39, 0.29) is 16.9 Å². The molecule has 94 valence electrons. The minimum Gasteiger partial charge on any atom is -0.271 e. The Morgan fingerprint density at radius 1 is 1.47 bits per heavy atom. The van der Waals surface area contributed by atoms with Crippen LogP contribution < -0.4 is 11.3 Å². The van der Waals surface area contributed by atoms with Crippen molar-refractivity contribution in [1.29, 1.82) is 0 Å². The van der Waals surface area contributed by atoms with Crippen LogP contribution in [0.25, 0.3) is 0 Å². The first-order chi connectivity index (χ1) is 8.19. The number of nitrogens with two attached hydrogens (primary N) is 1. The number of nitrogens with one attached hydrogen (secondary N) is 1. The van der Waals surface area contributed by atoms with Gasteiger partial charge in [-0.2, -0.15) is 0 Å². The summed E-state index contributed by atoms with van der Waals surface area (Å²) in [4.78, 5) is 0. The highest BCUT2D eigenvalue weighted by Gasteiger charge is 2.21. The summed E-state index contributed by atoms with van der Waals surface area (Å²) >= 11 is 5.65. The lowest BCUT2D eigenvalue weighted by molar-refractivity contribution is 0.259. The van der Waals surface area contributed by atoms with Gasteiger partial charge in [-0.25, -0.2) is 4.39 Å². The molecule has 4 heteroatoms. The van der Waals surface area contributed by atoms with Crippen LogP contribution in [-0.2, 0) is 6.42 Å². The van der Waals surface area contributed by atoms with Crippen LogP contribution in [0.2, 0.25) is 5.02 Å². The van der Waals surface area contributed by atoms with Gasteiger partial charge in [0.25, 0.3) is 0 Å². The zero-order chi connectivity index (χ0) is 12.3. The molecule has 17 heavy (non-hydrogen) atoms. The highest BCUT2D eigenvalue weighted by Crippen LogP contribution is 2.31. The number of hydrazine groups is 1. The number of benzene rings is 1. The van der Waals surface area contributed by atoms with E-state index in [4.69, 9.17) is 17.4 Å². The van der Waals surface area contributed by atoms with Gasteiger partial charge in [-0.15, -0.1) is 0 Å². The van der Waals surface area contributed by atoms with Crippen molar-refractivity contribution in [3.63, 3.8) is 0 Å². The SMILES string of the molecule is NNC(Cc1ccc(Cl)c(F)c1)CC1CCC1. The Hall–Kier alpha value is -0.640. The van der Waals surface area contributed by atoms with Crippen LogP contribution in [0, 0.1) is 11.7 Å². The van der Waals surface area contributed by atoms with Crippen molar-refractivity contribution < 1.29 is 4.39 Å². The number of rotatable bonds is 5. The predicted octanol–water partition coefficient (Wildman–Crippen LogP) is 3.04. The summed E-state index contributed by atoms with van der Waals surface area (Å²) in [5.74, 6) is 5.97. The molecule has 0 heterocycles. The monoisotopic (exact) mass is 256 g/mol. The zero-order valence-corrected chi connectivity index (χ0v) is 10.5.